The number of rotatable bonds is 8. The lowest BCUT2D eigenvalue weighted by Gasteiger charge is -2.33. The second-order valence-electron chi connectivity index (χ2n) is 7.68. The molecular weight excluding hydrogens is 414 g/mol. The number of hydrogen-bond donors (Lipinski definition) is 2. The normalized spacial score (nSPS) is 17.7. The van der Waals surface area contributed by atoms with E-state index in [-0.39, 0.29) is 24.3 Å². The van der Waals surface area contributed by atoms with E-state index in [9.17, 15) is 14.4 Å². The molecule has 2 N–H and O–H groups in total. The van der Waals surface area contributed by atoms with Crippen molar-refractivity contribution in [3.63, 3.8) is 0 Å². The van der Waals surface area contributed by atoms with Crippen molar-refractivity contribution in [2.45, 2.75) is 0 Å². The van der Waals surface area contributed by atoms with Gasteiger partial charge in [-0.3, -0.25) is 24.2 Å². The van der Waals surface area contributed by atoms with Crippen LogP contribution in [0, 0.1) is 0 Å². The van der Waals surface area contributed by atoms with E-state index in [4.69, 9.17) is 0 Å². The minimum absolute atomic E-state index is 0.0103. The van der Waals surface area contributed by atoms with Gasteiger partial charge < -0.3 is 15.5 Å². The van der Waals surface area contributed by atoms with Gasteiger partial charge in [0.1, 0.15) is 0 Å². The molecule has 1 aromatic rings. The predicted octanol–water partition coefficient (Wildman–Crippen LogP) is 0.734. The topological polar surface area (TPSA) is 85.0 Å². The average Bonchev–Trinajstić information content (AvgIpc) is 2.79. The monoisotopic (exact) mass is 445 g/mol. The van der Waals surface area contributed by atoms with Crippen molar-refractivity contribution in [2.75, 3.05) is 75.7 Å². The highest BCUT2D eigenvalue weighted by molar-refractivity contribution is 7.99. The summed E-state index contributed by atoms with van der Waals surface area (Å²) < 4.78 is 0. The van der Waals surface area contributed by atoms with E-state index in [0.29, 0.717) is 24.3 Å². The van der Waals surface area contributed by atoms with Gasteiger partial charge in [0.15, 0.2) is 0 Å². The number of piperazine rings is 1. The van der Waals surface area contributed by atoms with Gasteiger partial charge in [-0.2, -0.15) is 11.8 Å². The highest BCUT2D eigenvalue weighted by atomic mass is 32.2. The molecule has 2 aliphatic heterocycles. The van der Waals surface area contributed by atoms with Gasteiger partial charge in [-0.25, -0.2) is 0 Å². The highest BCUT2D eigenvalue weighted by Crippen LogP contribution is 2.16. The Morgan fingerprint density at radius 3 is 2.26 bits per heavy atom. The molecule has 2 aliphatic rings. The van der Waals surface area contributed by atoms with E-state index in [0.717, 1.165) is 50.8 Å². The van der Waals surface area contributed by atoms with Crippen molar-refractivity contribution in [2.24, 2.45) is 0 Å². The molecular formula is C22H31N5O3S. The first kappa shape index (κ1) is 23.3. The van der Waals surface area contributed by atoms with E-state index < -0.39 is 0 Å². The number of amides is 3. The van der Waals surface area contributed by atoms with Gasteiger partial charge in [-0.15, -0.1) is 6.58 Å². The van der Waals surface area contributed by atoms with Crippen LogP contribution in [0.1, 0.15) is 10.4 Å². The van der Waals surface area contributed by atoms with E-state index in [1.165, 1.54) is 0 Å². The van der Waals surface area contributed by atoms with Crippen molar-refractivity contribution in [1.82, 2.24) is 20.0 Å². The van der Waals surface area contributed by atoms with E-state index >= 15 is 0 Å². The third-order valence-electron chi connectivity index (χ3n) is 5.33. The Morgan fingerprint density at radius 1 is 0.968 bits per heavy atom. The van der Waals surface area contributed by atoms with Gasteiger partial charge >= 0.3 is 0 Å². The van der Waals surface area contributed by atoms with Crippen LogP contribution < -0.4 is 10.6 Å². The lowest BCUT2D eigenvalue weighted by atomic mass is 10.1. The molecule has 168 valence electrons. The fourth-order valence-corrected chi connectivity index (χ4v) is 4.54. The first-order valence-corrected chi connectivity index (χ1v) is 11.8. The zero-order chi connectivity index (χ0) is 22.1. The lowest BCUT2D eigenvalue weighted by molar-refractivity contribution is -0.123. The van der Waals surface area contributed by atoms with Crippen LogP contribution >= 0.6 is 11.8 Å². The summed E-state index contributed by atoms with van der Waals surface area (Å²) >= 11 is 1.86. The molecule has 31 heavy (non-hydrogen) atoms. The molecule has 0 atom stereocenters. The smallest absolute Gasteiger partial charge is 0.253 e. The van der Waals surface area contributed by atoms with E-state index in [2.05, 4.69) is 27.0 Å². The molecule has 9 heteroatoms. The van der Waals surface area contributed by atoms with Crippen molar-refractivity contribution in [3.05, 3.63) is 42.5 Å². The second-order valence-corrected chi connectivity index (χ2v) is 8.90. The van der Waals surface area contributed by atoms with Gasteiger partial charge in [0.25, 0.3) is 5.91 Å². The second kappa shape index (κ2) is 11.9. The fourth-order valence-electron chi connectivity index (χ4n) is 3.63. The summed E-state index contributed by atoms with van der Waals surface area (Å²) in [4.78, 5) is 43.0. The maximum absolute atomic E-state index is 12.7. The van der Waals surface area contributed by atoms with Crippen LogP contribution in [0.25, 0.3) is 0 Å². The molecule has 2 fully saturated rings. The number of anilines is 1. The Kier molecular flexibility index (Phi) is 8.93. The minimum Gasteiger partial charge on any atom is -0.352 e. The Hall–Kier alpha value is -2.36. The summed E-state index contributed by atoms with van der Waals surface area (Å²) in [5, 5.41) is 5.69. The maximum Gasteiger partial charge on any atom is 0.253 e. The molecule has 2 saturated heterocycles. The van der Waals surface area contributed by atoms with Crippen LogP contribution in [0.5, 0.6) is 0 Å². The van der Waals surface area contributed by atoms with Crippen molar-refractivity contribution >= 4 is 35.2 Å². The number of carbonyl (C=O) groups excluding carboxylic acids is 3. The van der Waals surface area contributed by atoms with Crippen LogP contribution in [0.3, 0.4) is 0 Å². The van der Waals surface area contributed by atoms with Crippen LogP contribution in [-0.4, -0.2) is 103 Å². The average molecular weight is 446 g/mol. The Bertz CT molecular complexity index is 789. The molecule has 0 aliphatic carbocycles. The highest BCUT2D eigenvalue weighted by Gasteiger charge is 2.21. The third-order valence-corrected chi connectivity index (χ3v) is 6.28. The molecule has 3 amide bonds. The fraction of sp³-hybridized carbons (Fsp3) is 0.500. The summed E-state index contributed by atoms with van der Waals surface area (Å²) in [6.07, 6.45) is 1.66. The van der Waals surface area contributed by atoms with Gasteiger partial charge in [0.05, 0.1) is 13.1 Å². The molecule has 2 heterocycles. The minimum atomic E-state index is -0.101. The van der Waals surface area contributed by atoms with Crippen molar-refractivity contribution in [1.29, 1.82) is 0 Å². The Labute approximate surface area is 188 Å². The quantitative estimate of drug-likeness (QED) is 0.574. The first-order valence-electron chi connectivity index (χ1n) is 10.6. The summed E-state index contributed by atoms with van der Waals surface area (Å²) in [7, 11) is 0. The zero-order valence-electron chi connectivity index (χ0n) is 17.8. The molecule has 0 saturated carbocycles. The number of hydrogen-bond acceptors (Lipinski definition) is 6. The number of nitrogens with one attached hydrogen (secondary N) is 2. The van der Waals surface area contributed by atoms with Crippen LogP contribution in [0.2, 0.25) is 0 Å². The Balaban J connectivity index is 1.43. The summed E-state index contributed by atoms with van der Waals surface area (Å²) in [5.41, 5.74) is 1.24. The Morgan fingerprint density at radius 2 is 1.61 bits per heavy atom. The number of benzene rings is 1. The van der Waals surface area contributed by atoms with Gasteiger partial charge in [-0.1, -0.05) is 12.1 Å². The van der Waals surface area contributed by atoms with Crippen molar-refractivity contribution in [3.8, 4) is 0 Å². The summed E-state index contributed by atoms with van der Waals surface area (Å²) in [6, 6.07) is 7.16. The first-order chi connectivity index (χ1) is 15.0. The molecule has 1 aromatic carbocycles. The molecule has 0 aromatic heterocycles. The maximum atomic E-state index is 12.7. The van der Waals surface area contributed by atoms with Crippen molar-refractivity contribution < 1.29 is 14.4 Å². The standard InChI is InChI=1S/C22H31N5O3S/c1-2-6-23-20(28)16-25-7-9-26(10-8-25)17-21(29)24-19-5-3-4-18(15-19)22(30)27-11-13-31-14-12-27/h2-5,15H,1,6-14,16-17H2,(H,23,28)(H,24,29). The molecule has 0 bridgehead atoms. The largest absolute Gasteiger partial charge is 0.352 e. The van der Waals surface area contributed by atoms with Gasteiger partial charge in [0.2, 0.25) is 11.8 Å². The SMILES string of the molecule is C=CCNC(=O)CN1CCN(CC(=O)Nc2cccc(C(=O)N3CCSCC3)c2)CC1. The van der Waals surface area contributed by atoms with Crippen LogP contribution in [0.15, 0.2) is 36.9 Å². The van der Waals surface area contributed by atoms with Crippen LogP contribution in [-0.2, 0) is 9.59 Å². The number of nitrogens with zero attached hydrogens (tertiary/aromatic N) is 3. The molecule has 3 rings (SSSR count). The van der Waals surface area contributed by atoms with E-state index in [1.807, 2.05) is 16.7 Å². The third kappa shape index (κ3) is 7.37. The number of carbonyl (C=O) groups is 3. The molecule has 0 radical (unpaired) electrons. The lowest BCUT2D eigenvalue weighted by Crippen LogP contribution is -2.51. The van der Waals surface area contributed by atoms with E-state index in [1.54, 1.807) is 30.3 Å². The van der Waals surface area contributed by atoms with Crippen LogP contribution in [0.4, 0.5) is 5.69 Å². The zero-order valence-corrected chi connectivity index (χ0v) is 18.7. The van der Waals surface area contributed by atoms with Gasteiger partial charge in [-0.05, 0) is 18.2 Å². The summed E-state index contributed by atoms with van der Waals surface area (Å²) in [5.74, 6) is 1.84. The molecule has 0 unspecified atom stereocenters. The summed E-state index contributed by atoms with van der Waals surface area (Å²) in [6.45, 7) is 9.20. The molecule has 0 spiro atoms. The predicted molar refractivity (Wildman–Crippen MR) is 124 cm³/mol. The molecule has 8 nitrogen and oxygen atoms in total. The van der Waals surface area contributed by atoms with Gasteiger partial charge in [0, 0.05) is 68.6 Å². The number of thioether (sulfide) groups is 1.